The highest BCUT2D eigenvalue weighted by molar-refractivity contribution is 7.89. The van der Waals surface area contributed by atoms with Crippen LogP contribution >= 0.6 is 23.2 Å². The number of amides is 1. The molecular formula is C20H20Cl2F2N2O3S. The third kappa shape index (κ3) is 5.29. The van der Waals surface area contributed by atoms with Crippen molar-refractivity contribution in [1.82, 2.24) is 9.21 Å². The Morgan fingerprint density at radius 1 is 0.933 bits per heavy atom. The van der Waals surface area contributed by atoms with E-state index >= 15 is 0 Å². The largest absolute Gasteiger partial charge is 0.340 e. The van der Waals surface area contributed by atoms with Gasteiger partial charge in [-0.2, -0.15) is 4.31 Å². The van der Waals surface area contributed by atoms with Gasteiger partial charge in [0.25, 0.3) is 0 Å². The number of hydrogen-bond donors (Lipinski definition) is 0. The van der Waals surface area contributed by atoms with Crippen molar-refractivity contribution in [1.29, 1.82) is 0 Å². The predicted octanol–water partition coefficient (Wildman–Crippen LogP) is 4.13. The highest BCUT2D eigenvalue weighted by Gasteiger charge is 2.30. The summed E-state index contributed by atoms with van der Waals surface area (Å²) in [6.45, 7) is 0.683. The van der Waals surface area contributed by atoms with Gasteiger partial charge in [-0.05, 0) is 48.7 Å². The van der Waals surface area contributed by atoms with E-state index in [9.17, 15) is 22.0 Å². The minimum Gasteiger partial charge on any atom is -0.340 e. The van der Waals surface area contributed by atoms with E-state index in [0.29, 0.717) is 35.4 Å². The molecule has 1 heterocycles. The van der Waals surface area contributed by atoms with E-state index in [0.717, 1.165) is 17.7 Å². The molecule has 0 atom stereocenters. The van der Waals surface area contributed by atoms with E-state index in [2.05, 4.69) is 0 Å². The highest BCUT2D eigenvalue weighted by atomic mass is 35.5. The molecule has 5 nitrogen and oxygen atoms in total. The Labute approximate surface area is 184 Å². The van der Waals surface area contributed by atoms with Crippen LogP contribution in [0, 0.1) is 11.6 Å². The topological polar surface area (TPSA) is 57.7 Å². The average Bonchev–Trinajstić information content (AvgIpc) is 2.72. The summed E-state index contributed by atoms with van der Waals surface area (Å²) in [5.74, 6) is -2.38. The van der Waals surface area contributed by atoms with Crippen molar-refractivity contribution in [3.8, 4) is 0 Å². The zero-order valence-corrected chi connectivity index (χ0v) is 18.3. The Morgan fingerprint density at radius 2 is 1.63 bits per heavy atom. The second-order valence-corrected chi connectivity index (χ2v) is 9.72. The van der Waals surface area contributed by atoms with Crippen LogP contribution in [0.1, 0.15) is 18.4 Å². The first-order chi connectivity index (χ1) is 14.2. The maximum atomic E-state index is 13.4. The summed E-state index contributed by atoms with van der Waals surface area (Å²) in [6.07, 6.45) is 1.63. The lowest BCUT2D eigenvalue weighted by Crippen LogP contribution is -2.50. The van der Waals surface area contributed by atoms with Crippen molar-refractivity contribution < 1.29 is 22.0 Å². The molecule has 0 bridgehead atoms. The van der Waals surface area contributed by atoms with Gasteiger partial charge in [0, 0.05) is 32.6 Å². The van der Waals surface area contributed by atoms with E-state index in [1.54, 1.807) is 17.0 Å². The van der Waals surface area contributed by atoms with Crippen LogP contribution in [0.4, 0.5) is 8.78 Å². The van der Waals surface area contributed by atoms with Crippen LogP contribution in [-0.2, 0) is 21.2 Å². The minimum absolute atomic E-state index is 0.0556. The zero-order valence-electron chi connectivity index (χ0n) is 16.0. The molecule has 10 heteroatoms. The van der Waals surface area contributed by atoms with Crippen LogP contribution in [0.2, 0.25) is 10.0 Å². The Bertz CT molecular complexity index is 1040. The molecular weight excluding hydrogens is 457 g/mol. The fourth-order valence-electron chi connectivity index (χ4n) is 3.26. The van der Waals surface area contributed by atoms with Gasteiger partial charge in [0.15, 0.2) is 11.6 Å². The molecule has 0 unspecified atom stereocenters. The van der Waals surface area contributed by atoms with Crippen LogP contribution in [0.5, 0.6) is 0 Å². The highest BCUT2D eigenvalue weighted by Crippen LogP contribution is 2.24. The fraction of sp³-hybridized carbons (Fsp3) is 0.350. The van der Waals surface area contributed by atoms with Gasteiger partial charge >= 0.3 is 0 Å². The lowest BCUT2D eigenvalue weighted by molar-refractivity contribution is -0.132. The molecule has 0 saturated carbocycles. The molecule has 1 fully saturated rings. The van der Waals surface area contributed by atoms with Crippen LogP contribution < -0.4 is 0 Å². The van der Waals surface area contributed by atoms with Gasteiger partial charge in [0.2, 0.25) is 15.9 Å². The van der Waals surface area contributed by atoms with Gasteiger partial charge < -0.3 is 4.90 Å². The summed E-state index contributed by atoms with van der Waals surface area (Å²) in [5, 5.41) is 0.951. The van der Waals surface area contributed by atoms with Crippen molar-refractivity contribution in [2.24, 2.45) is 0 Å². The van der Waals surface area contributed by atoms with Gasteiger partial charge in [-0.25, -0.2) is 17.2 Å². The van der Waals surface area contributed by atoms with Gasteiger partial charge in [-0.15, -0.1) is 0 Å². The molecule has 2 aromatic carbocycles. The van der Waals surface area contributed by atoms with Crippen LogP contribution in [0.3, 0.4) is 0 Å². The molecule has 1 aliphatic rings. The number of halogens is 4. The number of carbonyl (C=O) groups is 1. The minimum atomic E-state index is -3.95. The lowest BCUT2D eigenvalue weighted by atomic mass is 10.1. The van der Waals surface area contributed by atoms with Gasteiger partial charge in [0.1, 0.15) is 0 Å². The van der Waals surface area contributed by atoms with Crippen molar-refractivity contribution in [3.63, 3.8) is 0 Å². The number of benzene rings is 2. The van der Waals surface area contributed by atoms with Crippen LogP contribution in [0.25, 0.3) is 0 Å². The van der Waals surface area contributed by atoms with Crippen LogP contribution in [0.15, 0.2) is 41.3 Å². The number of piperazine rings is 1. The number of rotatable bonds is 6. The van der Waals surface area contributed by atoms with Gasteiger partial charge in [0.05, 0.1) is 14.9 Å². The quantitative estimate of drug-likeness (QED) is 0.629. The first-order valence-corrected chi connectivity index (χ1v) is 11.5. The average molecular weight is 477 g/mol. The van der Waals surface area contributed by atoms with Crippen molar-refractivity contribution in [3.05, 3.63) is 63.6 Å². The molecule has 0 N–H and O–H groups in total. The molecule has 2 aromatic rings. The third-order valence-corrected chi connectivity index (χ3v) is 7.59. The predicted molar refractivity (Wildman–Crippen MR) is 111 cm³/mol. The Morgan fingerprint density at radius 3 is 2.27 bits per heavy atom. The molecule has 0 aliphatic carbocycles. The van der Waals surface area contributed by atoms with E-state index in [-0.39, 0.29) is 37.0 Å². The maximum absolute atomic E-state index is 13.4. The second kappa shape index (κ2) is 9.60. The molecule has 30 heavy (non-hydrogen) atoms. The summed E-state index contributed by atoms with van der Waals surface area (Å²) >= 11 is 11.9. The molecule has 3 rings (SSSR count). The van der Waals surface area contributed by atoms with E-state index in [1.165, 1.54) is 4.31 Å². The molecule has 0 aromatic heterocycles. The van der Waals surface area contributed by atoms with Crippen molar-refractivity contribution in [2.75, 3.05) is 26.2 Å². The summed E-state index contributed by atoms with van der Waals surface area (Å²) in [5.41, 5.74) is 0.986. The van der Waals surface area contributed by atoms with Gasteiger partial charge in [-0.3, -0.25) is 4.79 Å². The number of carbonyl (C=O) groups excluding carboxylic acids is 1. The normalized spacial score (nSPS) is 15.4. The molecule has 0 spiro atoms. The number of sulfonamides is 1. The Hall–Kier alpha value is -1.74. The van der Waals surface area contributed by atoms with E-state index in [4.69, 9.17) is 23.2 Å². The van der Waals surface area contributed by atoms with E-state index in [1.807, 2.05) is 6.07 Å². The first kappa shape index (κ1) is 22.9. The molecule has 1 saturated heterocycles. The van der Waals surface area contributed by atoms with Crippen molar-refractivity contribution >= 4 is 39.1 Å². The van der Waals surface area contributed by atoms with Gasteiger partial charge in [-0.1, -0.05) is 29.3 Å². The third-order valence-electron chi connectivity index (χ3n) is 4.96. The SMILES string of the molecule is O=C(CCCc1ccc(Cl)c(Cl)c1)N1CCN(S(=O)(=O)c2ccc(F)c(F)c2)CC1. The Kier molecular flexibility index (Phi) is 7.34. The number of nitrogens with zero attached hydrogens (tertiary/aromatic N) is 2. The lowest BCUT2D eigenvalue weighted by Gasteiger charge is -2.34. The zero-order chi connectivity index (χ0) is 21.9. The molecule has 0 radical (unpaired) electrons. The van der Waals surface area contributed by atoms with Crippen molar-refractivity contribution in [2.45, 2.75) is 24.2 Å². The summed E-state index contributed by atoms with van der Waals surface area (Å²) < 4.78 is 52.9. The maximum Gasteiger partial charge on any atom is 0.243 e. The summed E-state index contributed by atoms with van der Waals surface area (Å²) in [7, 11) is -3.95. The number of hydrogen-bond acceptors (Lipinski definition) is 3. The van der Waals surface area contributed by atoms with E-state index < -0.39 is 21.7 Å². The number of aryl methyl sites for hydroxylation is 1. The molecule has 162 valence electrons. The monoisotopic (exact) mass is 476 g/mol. The summed E-state index contributed by atoms with van der Waals surface area (Å²) in [6, 6.07) is 7.85. The fourth-order valence-corrected chi connectivity index (χ4v) is 5.02. The summed E-state index contributed by atoms with van der Waals surface area (Å²) in [4.78, 5) is 13.8. The standard InChI is InChI=1S/C20H20Cl2F2N2O3S/c21-16-6-4-14(12-17(16)22)2-1-3-20(27)25-8-10-26(11-9-25)30(28,29)15-5-7-18(23)19(24)13-15/h4-7,12-13H,1-3,8-11H2. The second-order valence-electron chi connectivity index (χ2n) is 6.96. The smallest absolute Gasteiger partial charge is 0.243 e. The molecule has 1 aliphatic heterocycles. The first-order valence-electron chi connectivity index (χ1n) is 9.35. The van der Waals surface area contributed by atoms with Crippen LogP contribution in [-0.4, -0.2) is 49.7 Å². The molecule has 1 amide bonds. The Balaban J connectivity index is 1.51.